The first-order chi connectivity index (χ1) is 11.4. The van der Waals surface area contributed by atoms with Gasteiger partial charge in [-0.25, -0.2) is 13.6 Å². The van der Waals surface area contributed by atoms with Gasteiger partial charge in [0, 0.05) is 0 Å². The highest BCUT2D eigenvalue weighted by atomic mass is 35.5. The molecule has 0 saturated carbocycles. The van der Waals surface area contributed by atoms with Crippen LogP contribution in [0.25, 0.3) is 0 Å². The Balaban J connectivity index is 2.25. The largest absolute Gasteiger partial charge is 0.513 e. The summed E-state index contributed by atoms with van der Waals surface area (Å²) in [4.78, 5) is 11.3. The smallest absolute Gasteiger partial charge is 0.488 e. The number of aryl methyl sites for hydroxylation is 1. The normalized spacial score (nSPS) is 10.6. The Hall–Kier alpha value is -2.34. The molecule has 0 heterocycles. The number of ether oxygens (including phenoxy) is 3. The second kappa shape index (κ2) is 7.97. The Bertz CT molecular complexity index is 735. The molecule has 2 aromatic carbocycles. The number of methoxy groups -OCH3 is 1. The van der Waals surface area contributed by atoms with Crippen LogP contribution >= 0.6 is 11.6 Å². The fraction of sp³-hybridized carbons (Fsp3) is 0.235. The van der Waals surface area contributed by atoms with Crippen LogP contribution in [0.5, 0.6) is 11.5 Å². The first kappa shape index (κ1) is 18.0. The van der Waals surface area contributed by atoms with Gasteiger partial charge in [-0.15, -0.1) is 0 Å². The molecule has 0 saturated heterocycles. The van der Waals surface area contributed by atoms with E-state index in [1.54, 1.807) is 25.1 Å². The van der Waals surface area contributed by atoms with Crippen LogP contribution in [0.3, 0.4) is 0 Å². The molecular weight excluding hydrogens is 342 g/mol. The van der Waals surface area contributed by atoms with E-state index in [9.17, 15) is 13.6 Å². The number of rotatable bonds is 5. The summed E-state index contributed by atoms with van der Waals surface area (Å²) in [6, 6.07) is 9.16. The molecular formula is C17H15ClF2O4. The highest BCUT2D eigenvalue weighted by Crippen LogP contribution is 2.33. The molecule has 128 valence electrons. The SMILES string of the molecule is COC(=O)Oc1cccc(Cl)c1COc1ccc(C)cc1C(F)F. The minimum absolute atomic E-state index is 0.0412. The minimum Gasteiger partial charge on any atom is -0.488 e. The summed E-state index contributed by atoms with van der Waals surface area (Å²) in [5.74, 6) is 0.180. The van der Waals surface area contributed by atoms with Crippen LogP contribution < -0.4 is 9.47 Å². The molecule has 4 nitrogen and oxygen atoms in total. The van der Waals surface area contributed by atoms with E-state index in [-0.39, 0.29) is 28.7 Å². The summed E-state index contributed by atoms with van der Waals surface area (Å²) in [5.41, 5.74) is 0.841. The summed E-state index contributed by atoms with van der Waals surface area (Å²) >= 11 is 6.09. The molecule has 0 aliphatic rings. The number of alkyl halides is 2. The summed E-state index contributed by atoms with van der Waals surface area (Å²) < 4.78 is 41.1. The third kappa shape index (κ3) is 4.35. The number of carbonyl (C=O) groups is 1. The molecule has 24 heavy (non-hydrogen) atoms. The summed E-state index contributed by atoms with van der Waals surface area (Å²) in [7, 11) is 1.17. The lowest BCUT2D eigenvalue weighted by atomic mass is 10.1. The zero-order chi connectivity index (χ0) is 17.7. The highest BCUT2D eigenvalue weighted by Gasteiger charge is 2.17. The second-order valence-electron chi connectivity index (χ2n) is 4.90. The first-order valence-corrected chi connectivity index (χ1v) is 7.35. The molecule has 0 N–H and O–H groups in total. The molecule has 0 radical (unpaired) electrons. The molecule has 0 aliphatic heterocycles. The summed E-state index contributed by atoms with van der Waals surface area (Å²) in [5, 5.41) is 0.280. The Morgan fingerprint density at radius 1 is 1.21 bits per heavy atom. The Labute approximate surface area is 142 Å². The molecule has 0 bridgehead atoms. The average molecular weight is 357 g/mol. The van der Waals surface area contributed by atoms with Crippen LogP contribution in [0.4, 0.5) is 13.6 Å². The van der Waals surface area contributed by atoms with Crippen molar-refractivity contribution >= 4 is 17.8 Å². The Kier molecular flexibility index (Phi) is 5.98. The highest BCUT2D eigenvalue weighted by molar-refractivity contribution is 6.31. The van der Waals surface area contributed by atoms with Crippen LogP contribution in [0.1, 0.15) is 23.1 Å². The summed E-state index contributed by atoms with van der Waals surface area (Å²) in [6.07, 6.45) is -3.58. The molecule has 0 spiro atoms. The predicted molar refractivity (Wildman–Crippen MR) is 85.0 cm³/mol. The van der Waals surface area contributed by atoms with Gasteiger partial charge in [-0.05, 0) is 31.2 Å². The maximum Gasteiger partial charge on any atom is 0.513 e. The quantitative estimate of drug-likeness (QED) is 0.538. The van der Waals surface area contributed by atoms with Crippen molar-refractivity contribution in [2.24, 2.45) is 0 Å². The van der Waals surface area contributed by atoms with E-state index >= 15 is 0 Å². The number of hydrogen-bond acceptors (Lipinski definition) is 4. The van der Waals surface area contributed by atoms with Gasteiger partial charge in [0.2, 0.25) is 0 Å². The number of halogens is 3. The maximum absolute atomic E-state index is 13.1. The van der Waals surface area contributed by atoms with Crippen molar-refractivity contribution in [2.45, 2.75) is 20.0 Å². The van der Waals surface area contributed by atoms with Crippen molar-refractivity contribution in [3.05, 3.63) is 58.1 Å². The number of hydrogen-bond donors (Lipinski definition) is 0. The number of benzene rings is 2. The van der Waals surface area contributed by atoms with Gasteiger partial charge in [0.1, 0.15) is 18.1 Å². The van der Waals surface area contributed by atoms with Crippen molar-refractivity contribution in [3.63, 3.8) is 0 Å². The monoisotopic (exact) mass is 356 g/mol. The lowest BCUT2D eigenvalue weighted by Crippen LogP contribution is -2.10. The maximum atomic E-state index is 13.1. The molecule has 0 amide bonds. The molecule has 0 fully saturated rings. The third-order valence-electron chi connectivity index (χ3n) is 3.21. The molecule has 2 rings (SSSR count). The van der Waals surface area contributed by atoms with Gasteiger partial charge in [-0.1, -0.05) is 29.3 Å². The minimum atomic E-state index is -2.67. The zero-order valence-electron chi connectivity index (χ0n) is 13.0. The molecule has 0 atom stereocenters. The first-order valence-electron chi connectivity index (χ1n) is 6.97. The van der Waals surface area contributed by atoms with E-state index in [0.29, 0.717) is 11.1 Å². The van der Waals surface area contributed by atoms with E-state index in [4.69, 9.17) is 21.1 Å². The Morgan fingerprint density at radius 3 is 2.62 bits per heavy atom. The van der Waals surface area contributed by atoms with Crippen molar-refractivity contribution in [1.29, 1.82) is 0 Å². The van der Waals surface area contributed by atoms with Crippen molar-refractivity contribution in [1.82, 2.24) is 0 Å². The van der Waals surface area contributed by atoms with Crippen LogP contribution in [-0.2, 0) is 11.3 Å². The topological polar surface area (TPSA) is 44.8 Å². The van der Waals surface area contributed by atoms with Gasteiger partial charge in [0.15, 0.2) is 0 Å². The van der Waals surface area contributed by atoms with E-state index < -0.39 is 12.6 Å². The standard InChI is InChI=1S/C17H15ClF2O4/c1-10-6-7-14(11(8-10)16(19)20)23-9-12-13(18)4-3-5-15(12)24-17(21)22-2/h3-8,16H,9H2,1-2H3. The Morgan fingerprint density at radius 2 is 1.96 bits per heavy atom. The van der Waals surface area contributed by atoms with E-state index in [1.807, 2.05) is 0 Å². The molecule has 0 aromatic heterocycles. The predicted octanol–water partition coefficient (Wildman–Crippen LogP) is 5.31. The van der Waals surface area contributed by atoms with Gasteiger partial charge in [-0.2, -0.15) is 0 Å². The van der Waals surface area contributed by atoms with Crippen molar-refractivity contribution in [3.8, 4) is 11.5 Å². The van der Waals surface area contributed by atoms with Crippen molar-refractivity contribution in [2.75, 3.05) is 7.11 Å². The average Bonchev–Trinajstić information content (AvgIpc) is 2.55. The van der Waals surface area contributed by atoms with Crippen LogP contribution in [0.2, 0.25) is 5.02 Å². The lowest BCUT2D eigenvalue weighted by molar-refractivity contribution is 0.120. The molecule has 0 unspecified atom stereocenters. The van der Waals surface area contributed by atoms with E-state index in [0.717, 1.165) is 0 Å². The fourth-order valence-electron chi connectivity index (χ4n) is 2.03. The van der Waals surface area contributed by atoms with Crippen molar-refractivity contribution < 1.29 is 27.8 Å². The van der Waals surface area contributed by atoms with E-state index in [1.165, 1.54) is 25.3 Å². The van der Waals surface area contributed by atoms with Gasteiger partial charge in [0.25, 0.3) is 6.43 Å². The molecule has 7 heteroatoms. The van der Waals surface area contributed by atoms with Crippen LogP contribution in [-0.4, -0.2) is 13.3 Å². The van der Waals surface area contributed by atoms with Gasteiger partial charge < -0.3 is 14.2 Å². The zero-order valence-corrected chi connectivity index (χ0v) is 13.8. The van der Waals surface area contributed by atoms with Crippen LogP contribution in [0, 0.1) is 6.92 Å². The van der Waals surface area contributed by atoms with Gasteiger partial charge >= 0.3 is 6.16 Å². The second-order valence-corrected chi connectivity index (χ2v) is 5.31. The summed E-state index contributed by atoms with van der Waals surface area (Å²) in [6.45, 7) is 1.57. The van der Waals surface area contributed by atoms with Crippen LogP contribution in [0.15, 0.2) is 36.4 Å². The molecule has 2 aromatic rings. The van der Waals surface area contributed by atoms with Gasteiger partial charge in [-0.3, -0.25) is 0 Å². The molecule has 0 aliphatic carbocycles. The third-order valence-corrected chi connectivity index (χ3v) is 3.56. The van der Waals surface area contributed by atoms with Gasteiger partial charge in [0.05, 0.1) is 23.3 Å². The lowest BCUT2D eigenvalue weighted by Gasteiger charge is -2.15. The van der Waals surface area contributed by atoms with E-state index in [2.05, 4.69) is 4.74 Å². The number of carbonyl (C=O) groups excluding carboxylic acids is 1. The fourth-order valence-corrected chi connectivity index (χ4v) is 2.25.